The van der Waals surface area contributed by atoms with Crippen LogP contribution in [0.4, 0.5) is 4.39 Å². The molecule has 0 bridgehead atoms. The van der Waals surface area contributed by atoms with Crippen LogP contribution in [-0.4, -0.2) is 39.1 Å². The molecule has 0 unspecified atom stereocenters. The summed E-state index contributed by atoms with van der Waals surface area (Å²) in [6.45, 7) is 3.70. The number of amides is 1. The highest BCUT2D eigenvalue weighted by molar-refractivity contribution is 14.0. The number of rotatable bonds is 8. The van der Waals surface area contributed by atoms with Gasteiger partial charge in [-0.2, -0.15) is 0 Å². The SMILES string of the molecule is CCNC(=NCc1ccc(OC)c(F)c1)NCCc1cccc(C(=O)NC)c1.I. The van der Waals surface area contributed by atoms with Gasteiger partial charge in [-0.15, -0.1) is 24.0 Å². The standard InChI is InChI=1S/C21H27FN4O2.HI/c1-4-24-21(26-14-16-8-9-19(28-3)18(22)13-16)25-11-10-15-6-5-7-17(12-15)20(27)23-2;/h5-9,12-13H,4,10-11,14H2,1-3H3,(H,23,27)(H2,24,25,26);1H. The number of nitrogens with one attached hydrogen (secondary N) is 3. The van der Waals surface area contributed by atoms with Crippen molar-refractivity contribution < 1.29 is 13.9 Å². The quantitative estimate of drug-likeness (QED) is 0.288. The van der Waals surface area contributed by atoms with E-state index in [1.807, 2.05) is 25.1 Å². The molecule has 29 heavy (non-hydrogen) atoms. The van der Waals surface area contributed by atoms with Gasteiger partial charge in [-0.05, 0) is 48.7 Å². The molecule has 0 aromatic heterocycles. The zero-order valence-corrected chi connectivity index (χ0v) is 19.3. The molecule has 158 valence electrons. The molecule has 0 aliphatic heterocycles. The maximum atomic E-state index is 13.8. The molecule has 0 saturated heterocycles. The van der Waals surface area contributed by atoms with Gasteiger partial charge in [-0.1, -0.05) is 18.2 Å². The average Bonchev–Trinajstić information content (AvgIpc) is 2.71. The summed E-state index contributed by atoms with van der Waals surface area (Å²) in [5.41, 5.74) is 2.46. The Hall–Kier alpha value is -2.36. The fourth-order valence-corrected chi connectivity index (χ4v) is 2.66. The summed E-state index contributed by atoms with van der Waals surface area (Å²) < 4.78 is 18.7. The van der Waals surface area contributed by atoms with E-state index in [4.69, 9.17) is 4.74 Å². The number of carbonyl (C=O) groups is 1. The van der Waals surface area contributed by atoms with Gasteiger partial charge in [0.05, 0.1) is 13.7 Å². The van der Waals surface area contributed by atoms with E-state index in [1.165, 1.54) is 13.2 Å². The summed E-state index contributed by atoms with van der Waals surface area (Å²) >= 11 is 0. The zero-order valence-electron chi connectivity index (χ0n) is 16.9. The Labute approximate surface area is 188 Å². The summed E-state index contributed by atoms with van der Waals surface area (Å²) in [7, 11) is 3.05. The first-order chi connectivity index (χ1) is 13.6. The Morgan fingerprint density at radius 3 is 2.59 bits per heavy atom. The van der Waals surface area contributed by atoms with E-state index >= 15 is 0 Å². The number of aliphatic imine (C=N–C) groups is 1. The lowest BCUT2D eigenvalue weighted by molar-refractivity contribution is 0.0963. The highest BCUT2D eigenvalue weighted by atomic mass is 127. The van der Waals surface area contributed by atoms with E-state index in [9.17, 15) is 9.18 Å². The monoisotopic (exact) mass is 514 g/mol. The second kappa shape index (κ2) is 13.0. The normalized spacial score (nSPS) is 10.7. The Balaban J connectivity index is 0.00000420. The van der Waals surface area contributed by atoms with Crippen LogP contribution in [0, 0.1) is 5.82 Å². The number of guanidine groups is 1. The lowest BCUT2D eigenvalue weighted by Crippen LogP contribution is -2.38. The van der Waals surface area contributed by atoms with Crippen LogP contribution >= 0.6 is 24.0 Å². The van der Waals surface area contributed by atoms with Gasteiger partial charge in [0.1, 0.15) is 0 Å². The summed E-state index contributed by atoms with van der Waals surface area (Å²) in [5.74, 6) is 0.374. The number of hydrogen-bond acceptors (Lipinski definition) is 3. The predicted octanol–water partition coefficient (Wildman–Crippen LogP) is 3.11. The van der Waals surface area contributed by atoms with Crippen LogP contribution in [0.15, 0.2) is 47.5 Å². The van der Waals surface area contributed by atoms with Gasteiger partial charge < -0.3 is 20.7 Å². The number of ether oxygens (including phenoxy) is 1. The molecule has 2 rings (SSSR count). The third-order valence-electron chi connectivity index (χ3n) is 4.10. The molecule has 0 fully saturated rings. The second-order valence-electron chi connectivity index (χ2n) is 6.12. The second-order valence-corrected chi connectivity index (χ2v) is 6.12. The number of nitrogens with zero attached hydrogens (tertiary/aromatic N) is 1. The zero-order chi connectivity index (χ0) is 20.4. The number of halogens is 2. The van der Waals surface area contributed by atoms with Crippen molar-refractivity contribution in [3.63, 3.8) is 0 Å². The molecule has 8 heteroatoms. The van der Waals surface area contributed by atoms with Crippen molar-refractivity contribution >= 4 is 35.8 Å². The third kappa shape index (κ3) is 7.88. The Morgan fingerprint density at radius 2 is 1.93 bits per heavy atom. The van der Waals surface area contributed by atoms with Crippen molar-refractivity contribution in [2.75, 3.05) is 27.2 Å². The summed E-state index contributed by atoms with van der Waals surface area (Å²) in [6.07, 6.45) is 0.742. The van der Waals surface area contributed by atoms with Gasteiger partial charge in [-0.25, -0.2) is 9.38 Å². The van der Waals surface area contributed by atoms with Crippen LogP contribution in [0.3, 0.4) is 0 Å². The Morgan fingerprint density at radius 1 is 1.14 bits per heavy atom. The molecule has 2 aromatic carbocycles. The van der Waals surface area contributed by atoms with Crippen LogP contribution in [0.1, 0.15) is 28.4 Å². The molecule has 0 radical (unpaired) electrons. The van der Waals surface area contributed by atoms with Crippen molar-refractivity contribution in [1.82, 2.24) is 16.0 Å². The van der Waals surface area contributed by atoms with Gasteiger partial charge in [-0.3, -0.25) is 4.79 Å². The molecule has 3 N–H and O–H groups in total. The molecular formula is C21H28FIN4O2. The van der Waals surface area contributed by atoms with E-state index in [1.54, 1.807) is 25.2 Å². The van der Waals surface area contributed by atoms with Crippen LogP contribution in [0.25, 0.3) is 0 Å². The fourth-order valence-electron chi connectivity index (χ4n) is 2.66. The third-order valence-corrected chi connectivity index (χ3v) is 4.10. The van der Waals surface area contributed by atoms with Crippen LogP contribution in [0.5, 0.6) is 5.75 Å². The van der Waals surface area contributed by atoms with E-state index in [0.717, 1.165) is 24.1 Å². The molecular weight excluding hydrogens is 486 g/mol. The largest absolute Gasteiger partial charge is 0.494 e. The molecule has 0 atom stereocenters. The topological polar surface area (TPSA) is 74.8 Å². The Kier molecular flexibility index (Phi) is 11.0. The molecule has 1 amide bonds. The minimum absolute atomic E-state index is 0. The van der Waals surface area contributed by atoms with Crippen molar-refractivity contribution in [2.24, 2.45) is 4.99 Å². The smallest absolute Gasteiger partial charge is 0.251 e. The Bertz CT molecular complexity index is 830. The molecule has 0 saturated carbocycles. The van der Waals surface area contributed by atoms with Crippen LogP contribution in [-0.2, 0) is 13.0 Å². The van der Waals surface area contributed by atoms with Gasteiger partial charge in [0.15, 0.2) is 17.5 Å². The summed E-state index contributed by atoms with van der Waals surface area (Å²) in [4.78, 5) is 16.2. The first kappa shape index (κ1) is 24.7. The van der Waals surface area contributed by atoms with E-state index in [0.29, 0.717) is 24.6 Å². The van der Waals surface area contributed by atoms with Crippen molar-refractivity contribution in [2.45, 2.75) is 19.9 Å². The van der Waals surface area contributed by atoms with Gasteiger partial charge in [0.2, 0.25) is 0 Å². The molecule has 0 spiro atoms. The van der Waals surface area contributed by atoms with Crippen molar-refractivity contribution in [3.05, 3.63) is 65.0 Å². The molecule has 2 aromatic rings. The van der Waals surface area contributed by atoms with Crippen molar-refractivity contribution in [3.8, 4) is 5.75 Å². The van der Waals surface area contributed by atoms with Crippen LogP contribution in [0.2, 0.25) is 0 Å². The van der Waals surface area contributed by atoms with E-state index in [2.05, 4.69) is 20.9 Å². The minimum Gasteiger partial charge on any atom is -0.494 e. The summed E-state index contributed by atoms with van der Waals surface area (Å²) in [5, 5.41) is 9.06. The van der Waals surface area contributed by atoms with Gasteiger partial charge in [0.25, 0.3) is 5.91 Å². The average molecular weight is 514 g/mol. The number of carbonyl (C=O) groups excluding carboxylic acids is 1. The molecule has 0 aliphatic carbocycles. The van der Waals surface area contributed by atoms with Gasteiger partial charge in [0, 0.05) is 25.7 Å². The first-order valence-corrected chi connectivity index (χ1v) is 9.23. The number of benzene rings is 2. The summed E-state index contributed by atoms with van der Waals surface area (Å²) in [6, 6.07) is 12.3. The lowest BCUT2D eigenvalue weighted by atomic mass is 10.1. The maximum absolute atomic E-state index is 13.8. The number of methoxy groups -OCH3 is 1. The van der Waals surface area contributed by atoms with Gasteiger partial charge >= 0.3 is 0 Å². The minimum atomic E-state index is -0.399. The highest BCUT2D eigenvalue weighted by Crippen LogP contribution is 2.18. The van der Waals surface area contributed by atoms with Crippen LogP contribution < -0.4 is 20.7 Å². The maximum Gasteiger partial charge on any atom is 0.251 e. The lowest BCUT2D eigenvalue weighted by Gasteiger charge is -2.12. The predicted molar refractivity (Wildman–Crippen MR) is 125 cm³/mol. The fraction of sp³-hybridized carbons (Fsp3) is 0.333. The number of hydrogen-bond donors (Lipinski definition) is 3. The molecule has 0 heterocycles. The van der Waals surface area contributed by atoms with Crippen molar-refractivity contribution in [1.29, 1.82) is 0 Å². The molecule has 0 aliphatic rings. The first-order valence-electron chi connectivity index (χ1n) is 9.23. The molecule has 6 nitrogen and oxygen atoms in total. The van der Waals surface area contributed by atoms with E-state index in [-0.39, 0.29) is 35.6 Å². The highest BCUT2D eigenvalue weighted by Gasteiger charge is 2.05. The van der Waals surface area contributed by atoms with E-state index < -0.39 is 5.82 Å².